The third kappa shape index (κ3) is 3.45. The fraction of sp³-hybridized carbons (Fsp3) is 0.538. The number of hydrogen-bond acceptors (Lipinski definition) is 2. The Morgan fingerprint density at radius 3 is 2.56 bits per heavy atom. The minimum Gasteiger partial charge on any atom is -0.349 e. The number of nitrogens with one attached hydrogen (secondary N) is 2. The molecule has 18 heavy (non-hydrogen) atoms. The highest BCUT2D eigenvalue weighted by molar-refractivity contribution is 9.10. The van der Waals surface area contributed by atoms with Crippen molar-refractivity contribution in [1.82, 2.24) is 10.3 Å². The van der Waals surface area contributed by atoms with Crippen molar-refractivity contribution in [2.45, 2.75) is 40.2 Å². The molecule has 1 amide bonds. The Balaban J connectivity index is 3.00. The van der Waals surface area contributed by atoms with Crippen LogP contribution >= 0.6 is 15.9 Å². The first-order valence-electron chi connectivity index (χ1n) is 6.09. The predicted octanol–water partition coefficient (Wildman–Crippen LogP) is 2.47. The van der Waals surface area contributed by atoms with Crippen LogP contribution in [0.2, 0.25) is 0 Å². The van der Waals surface area contributed by atoms with Crippen molar-refractivity contribution in [2.24, 2.45) is 5.92 Å². The Labute approximate surface area is 115 Å². The van der Waals surface area contributed by atoms with E-state index in [1.54, 1.807) is 6.07 Å². The zero-order valence-corrected chi connectivity index (χ0v) is 12.7. The van der Waals surface area contributed by atoms with Gasteiger partial charge in [-0.1, -0.05) is 20.8 Å². The largest absolute Gasteiger partial charge is 0.349 e. The lowest BCUT2D eigenvalue weighted by Gasteiger charge is -2.17. The van der Waals surface area contributed by atoms with Gasteiger partial charge in [0.25, 0.3) is 11.5 Å². The van der Waals surface area contributed by atoms with Crippen LogP contribution in [0.5, 0.6) is 0 Å². The molecule has 0 aromatic carbocycles. The number of rotatable bonds is 4. The van der Waals surface area contributed by atoms with E-state index in [9.17, 15) is 9.59 Å². The molecule has 0 unspecified atom stereocenters. The first-order valence-corrected chi connectivity index (χ1v) is 6.88. The number of halogens is 1. The maximum absolute atomic E-state index is 12.0. The molecule has 0 saturated carbocycles. The first-order chi connectivity index (χ1) is 8.36. The van der Waals surface area contributed by atoms with Gasteiger partial charge in [0.05, 0.1) is 0 Å². The van der Waals surface area contributed by atoms with E-state index < -0.39 is 0 Å². The molecule has 0 aliphatic carbocycles. The summed E-state index contributed by atoms with van der Waals surface area (Å²) in [5.74, 6) is -0.00723. The summed E-state index contributed by atoms with van der Waals surface area (Å²) in [5.41, 5.74) is 0.600. The molecule has 1 heterocycles. The van der Waals surface area contributed by atoms with Crippen LogP contribution in [0.15, 0.2) is 15.3 Å². The number of H-pyrrole nitrogens is 1. The second-order valence-corrected chi connectivity index (χ2v) is 5.55. The van der Waals surface area contributed by atoms with Gasteiger partial charge in [-0.25, -0.2) is 0 Å². The van der Waals surface area contributed by atoms with Crippen molar-refractivity contribution in [2.75, 3.05) is 0 Å². The normalized spacial score (nSPS) is 12.6. The molecule has 1 aromatic rings. The first kappa shape index (κ1) is 15.0. The maximum Gasteiger partial charge on any atom is 0.261 e. The summed E-state index contributed by atoms with van der Waals surface area (Å²) in [6.07, 6.45) is 0.708. The minimum atomic E-state index is -0.344. The van der Waals surface area contributed by atoms with E-state index >= 15 is 0 Å². The van der Waals surface area contributed by atoms with Crippen molar-refractivity contribution < 1.29 is 4.79 Å². The number of aromatic nitrogens is 1. The molecule has 5 heteroatoms. The molecule has 4 nitrogen and oxygen atoms in total. The minimum absolute atomic E-state index is 0.0292. The number of pyridine rings is 1. The van der Waals surface area contributed by atoms with E-state index in [0.29, 0.717) is 12.3 Å². The summed E-state index contributed by atoms with van der Waals surface area (Å²) in [4.78, 5) is 26.5. The Morgan fingerprint density at radius 2 is 2.06 bits per heavy atom. The molecule has 0 saturated heterocycles. The molecule has 0 aliphatic heterocycles. The highest BCUT2D eigenvalue weighted by Crippen LogP contribution is 2.14. The van der Waals surface area contributed by atoms with Crippen molar-refractivity contribution in [3.63, 3.8) is 0 Å². The van der Waals surface area contributed by atoms with Crippen molar-refractivity contribution >= 4 is 21.8 Å². The lowest BCUT2D eigenvalue weighted by Crippen LogP contribution is -2.38. The highest BCUT2D eigenvalue weighted by Gasteiger charge is 2.16. The second kappa shape index (κ2) is 6.18. The zero-order valence-electron chi connectivity index (χ0n) is 11.1. The number of carbonyl (C=O) groups excluding carboxylic acids is 1. The molecule has 0 fully saturated rings. The molecule has 1 atom stereocenters. The number of aryl methyl sites for hydroxylation is 1. The lowest BCUT2D eigenvalue weighted by atomic mass is 10.1. The molecule has 1 rings (SSSR count). The molecule has 100 valence electrons. The van der Waals surface area contributed by atoms with E-state index in [0.717, 1.165) is 10.2 Å². The quantitative estimate of drug-likeness (QED) is 0.896. The van der Waals surface area contributed by atoms with Crippen molar-refractivity contribution in [3.05, 3.63) is 32.2 Å². The van der Waals surface area contributed by atoms with Gasteiger partial charge in [-0.05, 0) is 41.3 Å². The van der Waals surface area contributed by atoms with Crippen LogP contribution < -0.4 is 10.9 Å². The Kier molecular flexibility index (Phi) is 5.14. The lowest BCUT2D eigenvalue weighted by molar-refractivity contribution is 0.0929. The van der Waals surface area contributed by atoms with Gasteiger partial charge >= 0.3 is 0 Å². The van der Waals surface area contributed by atoms with Crippen LogP contribution in [0, 0.1) is 5.92 Å². The molecule has 0 radical (unpaired) electrons. The fourth-order valence-corrected chi connectivity index (χ4v) is 2.03. The Bertz CT molecular complexity index is 494. The third-order valence-corrected chi connectivity index (χ3v) is 3.73. The number of carbonyl (C=O) groups is 1. The van der Waals surface area contributed by atoms with Gasteiger partial charge in [0.15, 0.2) is 0 Å². The van der Waals surface area contributed by atoms with Gasteiger partial charge in [0.2, 0.25) is 0 Å². The molecular weight excluding hydrogens is 296 g/mol. The van der Waals surface area contributed by atoms with Crippen LogP contribution in [-0.2, 0) is 6.42 Å². The van der Waals surface area contributed by atoms with Crippen LogP contribution in [0.25, 0.3) is 0 Å². The molecule has 0 aliphatic rings. The van der Waals surface area contributed by atoms with E-state index in [-0.39, 0.29) is 23.1 Å². The maximum atomic E-state index is 12.0. The smallest absolute Gasteiger partial charge is 0.261 e. The SMILES string of the molecule is CCc1[nH]c(=O)c(C(=O)N[C@@H](C)C(C)C)cc1Br. The molecule has 0 spiro atoms. The fourth-order valence-electron chi connectivity index (χ4n) is 1.42. The zero-order chi connectivity index (χ0) is 13.9. The summed E-state index contributed by atoms with van der Waals surface area (Å²) in [7, 11) is 0. The molecule has 2 N–H and O–H groups in total. The average Bonchev–Trinajstić information content (AvgIpc) is 2.31. The van der Waals surface area contributed by atoms with Crippen molar-refractivity contribution in [3.8, 4) is 0 Å². The summed E-state index contributed by atoms with van der Waals surface area (Å²) in [5, 5.41) is 2.82. The summed E-state index contributed by atoms with van der Waals surface area (Å²) < 4.78 is 0.756. The molecule has 1 aromatic heterocycles. The second-order valence-electron chi connectivity index (χ2n) is 4.70. The predicted molar refractivity (Wildman–Crippen MR) is 75.9 cm³/mol. The van der Waals surface area contributed by atoms with Gasteiger partial charge in [-0.15, -0.1) is 0 Å². The van der Waals surface area contributed by atoms with Crippen LogP contribution in [0.4, 0.5) is 0 Å². The van der Waals surface area contributed by atoms with Crippen LogP contribution in [0.3, 0.4) is 0 Å². The molecule has 0 bridgehead atoms. The Morgan fingerprint density at radius 1 is 1.44 bits per heavy atom. The van der Waals surface area contributed by atoms with Crippen molar-refractivity contribution in [1.29, 1.82) is 0 Å². The van der Waals surface area contributed by atoms with Crippen LogP contribution in [0.1, 0.15) is 43.7 Å². The van der Waals surface area contributed by atoms with Gasteiger partial charge in [-0.3, -0.25) is 9.59 Å². The van der Waals surface area contributed by atoms with Gasteiger partial charge < -0.3 is 10.3 Å². The number of aromatic amines is 1. The summed E-state index contributed by atoms with van der Waals surface area (Å²) in [6.45, 7) is 7.90. The summed E-state index contributed by atoms with van der Waals surface area (Å²) >= 11 is 3.35. The third-order valence-electron chi connectivity index (χ3n) is 3.03. The van der Waals surface area contributed by atoms with E-state index in [2.05, 4.69) is 26.2 Å². The monoisotopic (exact) mass is 314 g/mol. The molecular formula is C13H19BrN2O2. The standard InChI is InChI=1S/C13H19BrN2O2/c1-5-11-10(14)6-9(13(18)16-11)12(17)15-8(4)7(2)3/h6-8H,5H2,1-4H3,(H,15,17)(H,16,18)/t8-/m0/s1. The van der Waals surface area contributed by atoms with E-state index in [1.807, 2.05) is 27.7 Å². The van der Waals surface area contributed by atoms with E-state index in [4.69, 9.17) is 0 Å². The number of amides is 1. The van der Waals surface area contributed by atoms with E-state index in [1.165, 1.54) is 0 Å². The summed E-state index contributed by atoms with van der Waals surface area (Å²) in [6, 6.07) is 1.61. The average molecular weight is 315 g/mol. The highest BCUT2D eigenvalue weighted by atomic mass is 79.9. The van der Waals surface area contributed by atoms with Gasteiger partial charge in [0, 0.05) is 16.2 Å². The van der Waals surface area contributed by atoms with Gasteiger partial charge in [-0.2, -0.15) is 0 Å². The topological polar surface area (TPSA) is 62.0 Å². The Hall–Kier alpha value is -1.10. The van der Waals surface area contributed by atoms with Gasteiger partial charge in [0.1, 0.15) is 5.56 Å². The van der Waals surface area contributed by atoms with Crippen LogP contribution in [-0.4, -0.2) is 16.9 Å². The number of hydrogen-bond donors (Lipinski definition) is 2.